The Balaban J connectivity index is 1.81. The van der Waals surface area contributed by atoms with E-state index in [9.17, 15) is 19.1 Å². The molecule has 2 heterocycles. The van der Waals surface area contributed by atoms with Gasteiger partial charge in [0.25, 0.3) is 5.91 Å². The fourth-order valence-electron chi connectivity index (χ4n) is 2.30. The minimum atomic E-state index is -1.15. The second-order valence-corrected chi connectivity index (χ2v) is 5.66. The van der Waals surface area contributed by atoms with E-state index in [1.54, 1.807) is 17.6 Å². The van der Waals surface area contributed by atoms with Crippen molar-refractivity contribution in [2.45, 2.75) is 12.5 Å². The number of H-pyrrole nitrogens is 1. The van der Waals surface area contributed by atoms with Crippen molar-refractivity contribution in [2.75, 3.05) is 0 Å². The highest BCUT2D eigenvalue weighted by molar-refractivity contribution is 7.07. The van der Waals surface area contributed by atoms with Gasteiger partial charge in [-0.1, -0.05) is 0 Å². The lowest BCUT2D eigenvalue weighted by atomic mass is 10.0. The second-order valence-electron chi connectivity index (χ2n) is 4.95. The molecule has 8 heteroatoms. The zero-order chi connectivity index (χ0) is 16.4. The van der Waals surface area contributed by atoms with Gasteiger partial charge in [0, 0.05) is 28.9 Å². The van der Waals surface area contributed by atoms with Gasteiger partial charge in [-0.25, -0.2) is 14.2 Å². The molecule has 1 atom stereocenters. The van der Waals surface area contributed by atoms with E-state index in [0.29, 0.717) is 11.1 Å². The van der Waals surface area contributed by atoms with Gasteiger partial charge < -0.3 is 15.4 Å². The van der Waals surface area contributed by atoms with Gasteiger partial charge in [-0.15, -0.1) is 11.3 Å². The number of carboxylic acids is 1. The van der Waals surface area contributed by atoms with Crippen LogP contribution in [0.2, 0.25) is 0 Å². The zero-order valence-corrected chi connectivity index (χ0v) is 12.6. The summed E-state index contributed by atoms with van der Waals surface area (Å²) in [6.45, 7) is 0. The molecule has 1 unspecified atom stereocenters. The van der Waals surface area contributed by atoms with E-state index in [-0.39, 0.29) is 17.9 Å². The normalized spacial score (nSPS) is 12.2. The first-order valence-corrected chi connectivity index (χ1v) is 7.66. The summed E-state index contributed by atoms with van der Waals surface area (Å²) in [6.07, 6.45) is 1.70. The van der Waals surface area contributed by atoms with Crippen molar-refractivity contribution in [1.82, 2.24) is 15.3 Å². The van der Waals surface area contributed by atoms with Crippen LogP contribution in [0.1, 0.15) is 16.1 Å². The molecule has 2 aromatic heterocycles. The smallest absolute Gasteiger partial charge is 0.326 e. The number of amides is 1. The largest absolute Gasteiger partial charge is 0.480 e. The van der Waals surface area contributed by atoms with Crippen molar-refractivity contribution in [3.63, 3.8) is 0 Å². The number of fused-ring (bicyclic) bond motifs is 1. The monoisotopic (exact) mass is 333 g/mol. The Bertz CT molecular complexity index is 860. The average molecular weight is 333 g/mol. The number of rotatable bonds is 5. The molecule has 3 aromatic rings. The average Bonchev–Trinajstić information content (AvgIpc) is 3.16. The van der Waals surface area contributed by atoms with E-state index in [4.69, 9.17) is 0 Å². The van der Waals surface area contributed by atoms with Gasteiger partial charge in [0.05, 0.1) is 5.51 Å². The van der Waals surface area contributed by atoms with Crippen LogP contribution in [0.5, 0.6) is 0 Å². The first kappa shape index (κ1) is 15.2. The number of thiazole rings is 1. The fourth-order valence-corrected chi connectivity index (χ4v) is 2.84. The predicted octanol–water partition coefficient (Wildman–Crippen LogP) is 2.19. The standard InChI is InChI=1S/C15H12FN3O3S/c16-9-1-2-10-8(5-17-11(10)4-9)3-12(15(21)22)19-14(20)13-6-23-7-18-13/h1-2,4-7,12,17H,3H2,(H,19,20)(H,21,22). The Labute approximate surface area is 134 Å². The summed E-state index contributed by atoms with van der Waals surface area (Å²) in [6, 6.07) is 3.12. The summed E-state index contributed by atoms with van der Waals surface area (Å²) in [5, 5.41) is 14.0. The minimum Gasteiger partial charge on any atom is -0.480 e. The number of aromatic amines is 1. The highest BCUT2D eigenvalue weighted by Gasteiger charge is 2.23. The summed E-state index contributed by atoms with van der Waals surface area (Å²) in [5.41, 5.74) is 2.95. The molecule has 0 spiro atoms. The van der Waals surface area contributed by atoms with E-state index in [1.807, 2.05) is 0 Å². The van der Waals surface area contributed by atoms with Crippen LogP contribution < -0.4 is 5.32 Å². The van der Waals surface area contributed by atoms with Crippen LogP contribution in [-0.2, 0) is 11.2 Å². The molecule has 0 fully saturated rings. The molecule has 0 aliphatic rings. The van der Waals surface area contributed by atoms with Crippen LogP contribution in [0.25, 0.3) is 10.9 Å². The Morgan fingerprint density at radius 1 is 1.43 bits per heavy atom. The third kappa shape index (κ3) is 3.21. The van der Waals surface area contributed by atoms with Crippen molar-refractivity contribution >= 4 is 34.1 Å². The van der Waals surface area contributed by atoms with Crippen molar-refractivity contribution < 1.29 is 19.1 Å². The van der Waals surface area contributed by atoms with Crippen LogP contribution in [0.15, 0.2) is 35.3 Å². The van der Waals surface area contributed by atoms with Gasteiger partial charge >= 0.3 is 5.97 Å². The molecule has 0 radical (unpaired) electrons. The van der Waals surface area contributed by atoms with Crippen LogP contribution in [-0.4, -0.2) is 33.0 Å². The fraction of sp³-hybridized carbons (Fsp3) is 0.133. The van der Waals surface area contributed by atoms with Crippen molar-refractivity contribution in [2.24, 2.45) is 0 Å². The summed E-state index contributed by atoms with van der Waals surface area (Å²) in [5.74, 6) is -2.06. The summed E-state index contributed by atoms with van der Waals surface area (Å²) < 4.78 is 13.2. The summed E-state index contributed by atoms with van der Waals surface area (Å²) >= 11 is 1.25. The zero-order valence-electron chi connectivity index (χ0n) is 11.7. The van der Waals surface area contributed by atoms with Crippen molar-refractivity contribution in [3.8, 4) is 0 Å². The number of carbonyl (C=O) groups excluding carboxylic acids is 1. The second kappa shape index (κ2) is 6.17. The van der Waals surface area contributed by atoms with Crippen LogP contribution in [0.4, 0.5) is 4.39 Å². The topological polar surface area (TPSA) is 95.1 Å². The van der Waals surface area contributed by atoms with Gasteiger partial charge in [0.2, 0.25) is 0 Å². The molecule has 0 aliphatic heterocycles. The number of aromatic nitrogens is 2. The molecular weight excluding hydrogens is 321 g/mol. The third-order valence-electron chi connectivity index (χ3n) is 3.42. The molecule has 6 nitrogen and oxygen atoms in total. The maximum Gasteiger partial charge on any atom is 0.326 e. The number of carbonyl (C=O) groups is 2. The number of hydrogen-bond acceptors (Lipinski definition) is 4. The van der Waals surface area contributed by atoms with Gasteiger partial charge in [0.15, 0.2) is 0 Å². The van der Waals surface area contributed by atoms with E-state index in [1.165, 1.54) is 29.0 Å². The van der Waals surface area contributed by atoms with E-state index < -0.39 is 17.9 Å². The van der Waals surface area contributed by atoms with E-state index in [2.05, 4.69) is 15.3 Å². The molecule has 3 N–H and O–H groups in total. The number of aliphatic carboxylic acids is 1. The number of nitrogens with zero attached hydrogens (tertiary/aromatic N) is 1. The minimum absolute atomic E-state index is 0.0802. The number of halogens is 1. The molecule has 23 heavy (non-hydrogen) atoms. The highest BCUT2D eigenvalue weighted by atomic mass is 32.1. The Morgan fingerprint density at radius 3 is 2.96 bits per heavy atom. The molecule has 0 saturated carbocycles. The van der Waals surface area contributed by atoms with E-state index in [0.717, 1.165) is 5.39 Å². The Morgan fingerprint density at radius 2 is 2.26 bits per heavy atom. The van der Waals surface area contributed by atoms with Crippen LogP contribution in [0, 0.1) is 5.82 Å². The lowest BCUT2D eigenvalue weighted by Gasteiger charge is -2.13. The molecule has 3 rings (SSSR count). The summed E-state index contributed by atoms with van der Waals surface area (Å²) in [7, 11) is 0. The van der Waals surface area contributed by atoms with Crippen molar-refractivity contribution in [1.29, 1.82) is 0 Å². The molecule has 1 amide bonds. The number of nitrogens with one attached hydrogen (secondary N) is 2. The molecule has 0 saturated heterocycles. The predicted molar refractivity (Wildman–Crippen MR) is 83.0 cm³/mol. The van der Waals surface area contributed by atoms with E-state index >= 15 is 0 Å². The first-order valence-electron chi connectivity index (χ1n) is 6.72. The maximum atomic E-state index is 13.2. The Hall–Kier alpha value is -2.74. The molecule has 0 aliphatic carbocycles. The lowest BCUT2D eigenvalue weighted by Crippen LogP contribution is -2.42. The quantitative estimate of drug-likeness (QED) is 0.667. The third-order valence-corrected chi connectivity index (χ3v) is 4.01. The molecule has 118 valence electrons. The van der Waals surface area contributed by atoms with Crippen LogP contribution >= 0.6 is 11.3 Å². The van der Waals surface area contributed by atoms with Crippen LogP contribution in [0.3, 0.4) is 0 Å². The highest BCUT2D eigenvalue weighted by Crippen LogP contribution is 2.20. The van der Waals surface area contributed by atoms with Gasteiger partial charge in [0.1, 0.15) is 17.6 Å². The molecule has 0 bridgehead atoms. The summed E-state index contributed by atoms with van der Waals surface area (Å²) in [4.78, 5) is 30.1. The number of hydrogen-bond donors (Lipinski definition) is 3. The van der Waals surface area contributed by atoms with Gasteiger partial charge in [-0.3, -0.25) is 4.79 Å². The van der Waals surface area contributed by atoms with Crippen molar-refractivity contribution in [3.05, 3.63) is 52.4 Å². The first-order chi connectivity index (χ1) is 11.0. The Kier molecular flexibility index (Phi) is 4.07. The van der Waals surface area contributed by atoms with Gasteiger partial charge in [-0.2, -0.15) is 0 Å². The lowest BCUT2D eigenvalue weighted by molar-refractivity contribution is -0.139. The molecule has 1 aromatic carbocycles. The number of benzene rings is 1. The van der Waals surface area contributed by atoms with Gasteiger partial charge in [-0.05, 0) is 23.8 Å². The maximum absolute atomic E-state index is 13.2. The SMILES string of the molecule is O=C(NC(Cc1c[nH]c2cc(F)ccc12)C(=O)O)c1cscn1. The number of carboxylic acid groups (broad SMARTS) is 1. The molecular formula is C15H12FN3O3S.